The van der Waals surface area contributed by atoms with Crippen molar-refractivity contribution in [2.45, 2.75) is 31.7 Å². The Hall–Kier alpha value is -0.210. The van der Waals surface area contributed by atoms with Gasteiger partial charge in [0.25, 0.3) is 10.2 Å². The molecule has 0 radical (unpaired) electrons. The van der Waals surface area contributed by atoms with E-state index >= 15 is 0 Å². The third-order valence-corrected chi connectivity index (χ3v) is 6.55. The van der Waals surface area contributed by atoms with Crippen LogP contribution in [0.3, 0.4) is 0 Å². The number of rotatable bonds is 4. The van der Waals surface area contributed by atoms with Crippen molar-refractivity contribution in [1.29, 1.82) is 0 Å². The van der Waals surface area contributed by atoms with Crippen molar-refractivity contribution < 1.29 is 13.5 Å². The number of aliphatic hydroxyl groups is 1. The molecule has 2 fully saturated rings. The van der Waals surface area contributed by atoms with Crippen LogP contribution in [-0.2, 0) is 10.2 Å². The van der Waals surface area contributed by atoms with Crippen LogP contribution in [0.15, 0.2) is 0 Å². The van der Waals surface area contributed by atoms with Gasteiger partial charge in [0.2, 0.25) is 0 Å². The summed E-state index contributed by atoms with van der Waals surface area (Å²) in [5, 5.41) is 9.24. The van der Waals surface area contributed by atoms with Gasteiger partial charge in [-0.05, 0) is 45.7 Å². The summed E-state index contributed by atoms with van der Waals surface area (Å²) in [6, 6.07) is 0.480. The van der Waals surface area contributed by atoms with Crippen molar-refractivity contribution in [1.82, 2.24) is 13.5 Å². The largest absolute Gasteiger partial charge is 0.396 e. The van der Waals surface area contributed by atoms with Crippen LogP contribution in [0.4, 0.5) is 0 Å². The molecule has 1 atom stereocenters. The monoisotopic (exact) mass is 305 g/mol. The van der Waals surface area contributed by atoms with Gasteiger partial charge < -0.3 is 10.0 Å². The molecule has 0 bridgehead atoms. The number of hydrogen-bond donors (Lipinski definition) is 1. The van der Waals surface area contributed by atoms with Gasteiger partial charge in [-0.15, -0.1) is 0 Å². The molecule has 0 saturated carbocycles. The third kappa shape index (κ3) is 3.51. The van der Waals surface area contributed by atoms with Crippen molar-refractivity contribution >= 4 is 10.2 Å². The quantitative estimate of drug-likeness (QED) is 0.792. The molecule has 6 nitrogen and oxygen atoms in total. The fourth-order valence-electron chi connectivity index (χ4n) is 3.14. The molecule has 20 heavy (non-hydrogen) atoms. The first-order valence-electron chi connectivity index (χ1n) is 7.47. The number of aliphatic hydroxyl groups excluding tert-OH is 1. The summed E-state index contributed by atoms with van der Waals surface area (Å²) in [5.41, 5.74) is 0. The summed E-state index contributed by atoms with van der Waals surface area (Å²) in [5.74, 6) is 0.0952. The highest BCUT2D eigenvalue weighted by atomic mass is 32.2. The second kappa shape index (κ2) is 6.70. The number of hydrogen-bond acceptors (Lipinski definition) is 4. The Morgan fingerprint density at radius 2 is 1.75 bits per heavy atom. The van der Waals surface area contributed by atoms with Crippen LogP contribution in [0, 0.1) is 5.92 Å². The van der Waals surface area contributed by atoms with Gasteiger partial charge in [-0.3, -0.25) is 0 Å². The van der Waals surface area contributed by atoms with Gasteiger partial charge in [-0.2, -0.15) is 17.0 Å². The predicted molar refractivity (Wildman–Crippen MR) is 78.6 cm³/mol. The molecule has 2 heterocycles. The lowest BCUT2D eigenvalue weighted by atomic mass is 10.0. The molecule has 1 unspecified atom stereocenters. The summed E-state index contributed by atoms with van der Waals surface area (Å²) in [6.07, 6.45) is 3.55. The first kappa shape index (κ1) is 16.2. The normalized spacial score (nSPS) is 28.1. The average Bonchev–Trinajstić information content (AvgIpc) is 2.47. The molecule has 0 aromatic rings. The molecule has 0 aromatic carbocycles. The van der Waals surface area contributed by atoms with E-state index in [0.29, 0.717) is 32.2 Å². The number of nitrogens with zero attached hydrogens (tertiary/aromatic N) is 3. The summed E-state index contributed by atoms with van der Waals surface area (Å²) in [7, 11) is 0.754. The molecule has 2 saturated heterocycles. The summed E-state index contributed by atoms with van der Waals surface area (Å²) in [4.78, 5) is 2.17. The SMILES string of the molecule is CN(C)C1CCN(S(=O)(=O)N2CCCC(CO)C2)CC1. The zero-order valence-corrected chi connectivity index (χ0v) is 13.3. The minimum atomic E-state index is -3.34. The van der Waals surface area contributed by atoms with Crippen LogP contribution in [0.2, 0.25) is 0 Å². The van der Waals surface area contributed by atoms with Gasteiger partial charge in [0.15, 0.2) is 0 Å². The fraction of sp³-hybridized carbons (Fsp3) is 1.00. The van der Waals surface area contributed by atoms with E-state index in [-0.39, 0.29) is 12.5 Å². The standard InChI is InChI=1S/C13H27N3O3S/c1-14(2)13-5-8-15(9-6-13)20(18,19)16-7-3-4-12(10-16)11-17/h12-13,17H,3-11H2,1-2H3. The van der Waals surface area contributed by atoms with E-state index in [2.05, 4.69) is 4.90 Å². The second-order valence-electron chi connectivity index (χ2n) is 6.15. The molecule has 2 aliphatic rings. The Morgan fingerprint density at radius 1 is 1.10 bits per heavy atom. The lowest BCUT2D eigenvalue weighted by Gasteiger charge is -2.39. The van der Waals surface area contributed by atoms with E-state index < -0.39 is 10.2 Å². The first-order valence-corrected chi connectivity index (χ1v) is 8.87. The smallest absolute Gasteiger partial charge is 0.281 e. The lowest BCUT2D eigenvalue weighted by Crippen LogP contribution is -2.52. The Balaban J connectivity index is 1.97. The zero-order valence-electron chi connectivity index (χ0n) is 12.5. The maximum atomic E-state index is 12.6. The first-order chi connectivity index (χ1) is 9.45. The highest BCUT2D eigenvalue weighted by Gasteiger charge is 2.35. The Morgan fingerprint density at radius 3 is 2.30 bits per heavy atom. The maximum Gasteiger partial charge on any atom is 0.281 e. The van der Waals surface area contributed by atoms with Gasteiger partial charge in [0.05, 0.1) is 0 Å². The highest BCUT2D eigenvalue weighted by molar-refractivity contribution is 7.86. The van der Waals surface area contributed by atoms with Gasteiger partial charge in [0, 0.05) is 38.8 Å². The second-order valence-corrected chi connectivity index (χ2v) is 8.08. The van der Waals surface area contributed by atoms with Gasteiger partial charge in [0.1, 0.15) is 0 Å². The van der Waals surface area contributed by atoms with Gasteiger partial charge in [-0.1, -0.05) is 0 Å². The van der Waals surface area contributed by atoms with Crippen LogP contribution >= 0.6 is 0 Å². The van der Waals surface area contributed by atoms with E-state index in [1.165, 1.54) is 0 Å². The highest BCUT2D eigenvalue weighted by Crippen LogP contribution is 2.24. The topological polar surface area (TPSA) is 64.1 Å². The van der Waals surface area contributed by atoms with E-state index in [9.17, 15) is 13.5 Å². The van der Waals surface area contributed by atoms with Gasteiger partial charge >= 0.3 is 0 Å². The fourth-order valence-corrected chi connectivity index (χ4v) is 4.90. The molecule has 0 aliphatic carbocycles. The number of piperidine rings is 2. The van der Waals surface area contributed by atoms with E-state index in [1.807, 2.05) is 14.1 Å². The van der Waals surface area contributed by atoms with Crippen LogP contribution in [-0.4, -0.2) is 80.0 Å². The van der Waals surface area contributed by atoms with E-state index in [4.69, 9.17) is 0 Å². The summed E-state index contributed by atoms with van der Waals surface area (Å²) < 4.78 is 28.5. The Labute approximate surface area is 122 Å². The Bertz CT molecular complexity index is 405. The molecular weight excluding hydrogens is 278 g/mol. The van der Waals surface area contributed by atoms with Crippen molar-refractivity contribution in [3.05, 3.63) is 0 Å². The minimum absolute atomic E-state index is 0.0781. The average molecular weight is 305 g/mol. The molecule has 1 N–H and O–H groups in total. The third-order valence-electron chi connectivity index (χ3n) is 4.55. The predicted octanol–water partition coefficient (Wildman–Crippen LogP) is -0.0385. The van der Waals surface area contributed by atoms with Gasteiger partial charge in [-0.25, -0.2) is 0 Å². The van der Waals surface area contributed by atoms with Crippen LogP contribution in [0.25, 0.3) is 0 Å². The minimum Gasteiger partial charge on any atom is -0.396 e. The van der Waals surface area contributed by atoms with Crippen molar-refractivity contribution in [2.24, 2.45) is 5.92 Å². The Kier molecular flexibility index (Phi) is 5.42. The molecule has 2 aliphatic heterocycles. The molecule has 7 heteroatoms. The van der Waals surface area contributed by atoms with Crippen LogP contribution in [0.1, 0.15) is 25.7 Å². The molecule has 2 rings (SSSR count). The maximum absolute atomic E-state index is 12.6. The van der Waals surface area contributed by atoms with Crippen molar-refractivity contribution in [3.8, 4) is 0 Å². The van der Waals surface area contributed by atoms with Crippen LogP contribution < -0.4 is 0 Å². The summed E-state index contributed by atoms with van der Waals surface area (Å²) >= 11 is 0. The molecule has 0 spiro atoms. The molecule has 118 valence electrons. The lowest BCUT2D eigenvalue weighted by molar-refractivity contribution is 0.153. The molecule has 0 aromatic heterocycles. The van der Waals surface area contributed by atoms with E-state index in [1.54, 1.807) is 8.61 Å². The molecule has 0 amide bonds. The zero-order chi connectivity index (χ0) is 14.8. The van der Waals surface area contributed by atoms with Crippen molar-refractivity contribution in [2.75, 3.05) is 46.9 Å². The summed E-state index contributed by atoms with van der Waals surface area (Å²) in [6.45, 7) is 2.34. The van der Waals surface area contributed by atoms with Crippen LogP contribution in [0.5, 0.6) is 0 Å². The molecular formula is C13H27N3O3S. The van der Waals surface area contributed by atoms with E-state index in [0.717, 1.165) is 25.7 Å². The van der Waals surface area contributed by atoms with Crippen molar-refractivity contribution in [3.63, 3.8) is 0 Å².